The van der Waals surface area contributed by atoms with Crippen molar-refractivity contribution < 1.29 is 24.5 Å². The predicted molar refractivity (Wildman–Crippen MR) is 171 cm³/mol. The molecule has 2 N–H and O–H groups in total. The zero-order chi connectivity index (χ0) is 29.5. The molecule has 1 aliphatic carbocycles. The number of ether oxygens (including phenoxy) is 2. The van der Waals surface area contributed by atoms with Crippen LogP contribution in [0.4, 0.5) is 0 Å². The van der Waals surface area contributed by atoms with Crippen molar-refractivity contribution in [3.05, 3.63) is 40.7 Å². The Kier molecular flexibility index (Phi) is 13.0. The lowest BCUT2D eigenvalue weighted by atomic mass is 9.54. The van der Waals surface area contributed by atoms with Crippen LogP contribution in [0.15, 0.2) is 24.0 Å². The van der Waals surface area contributed by atoms with Crippen LogP contribution in [0.2, 0.25) is 0 Å². The van der Waals surface area contributed by atoms with E-state index in [1.807, 2.05) is 32.2 Å². The van der Waals surface area contributed by atoms with Gasteiger partial charge in [0.2, 0.25) is 0 Å². The van der Waals surface area contributed by atoms with Gasteiger partial charge in [0.25, 0.3) is 0 Å². The lowest BCUT2D eigenvalue weighted by Crippen LogP contribution is -2.71. The normalized spacial score (nSPS) is 26.4. The van der Waals surface area contributed by atoms with Crippen molar-refractivity contribution in [2.75, 3.05) is 13.6 Å². The molecule has 6 heteroatoms. The highest BCUT2D eigenvalue weighted by Gasteiger charge is 2.69. The van der Waals surface area contributed by atoms with Gasteiger partial charge in [0.15, 0.2) is 6.10 Å². The molecule has 238 valence electrons. The van der Waals surface area contributed by atoms with E-state index in [4.69, 9.17) is 9.47 Å². The lowest BCUT2D eigenvalue weighted by molar-refractivity contribution is -0.162. The summed E-state index contributed by atoms with van der Waals surface area (Å²) in [5, 5.41) is 22.4. The van der Waals surface area contributed by atoms with Gasteiger partial charge in [-0.3, -0.25) is 4.79 Å². The van der Waals surface area contributed by atoms with Gasteiger partial charge < -0.3 is 24.6 Å². The molecule has 4 atom stereocenters. The second-order valence-corrected chi connectivity index (χ2v) is 13.0. The number of aliphatic hydroxyl groups excluding tert-OH is 1. The molecule has 1 aromatic rings. The van der Waals surface area contributed by atoms with Gasteiger partial charge in [-0.25, -0.2) is 0 Å². The topological polar surface area (TPSA) is 79.2 Å². The highest BCUT2D eigenvalue weighted by Crippen LogP contribution is 2.61. The number of nitrogens with zero attached hydrogens (tertiary/aromatic N) is 1. The van der Waals surface area contributed by atoms with E-state index in [9.17, 15) is 15.0 Å². The Morgan fingerprint density at radius 3 is 2.21 bits per heavy atom. The SMILES string of the molecule is C.CCCCCCCCCCCCCCCC(=O)OC1=CC[C@@]2(O)[C@@H](C)N(C)CC[C@@]23c2c(C)ccc(CO)c2O[C@@H]13. The fourth-order valence-electron chi connectivity index (χ4n) is 7.67. The number of fused-ring (bicyclic) bond motifs is 1. The molecule has 6 nitrogen and oxygen atoms in total. The minimum atomic E-state index is -1.08. The summed E-state index contributed by atoms with van der Waals surface area (Å²) in [5.41, 5.74) is 0.897. The maximum absolute atomic E-state index is 13.0. The second-order valence-electron chi connectivity index (χ2n) is 13.0. The van der Waals surface area contributed by atoms with E-state index < -0.39 is 17.1 Å². The Morgan fingerprint density at radius 2 is 1.62 bits per heavy atom. The molecule has 2 heterocycles. The number of carbonyl (C=O) groups is 1. The van der Waals surface area contributed by atoms with E-state index in [0.29, 0.717) is 36.3 Å². The van der Waals surface area contributed by atoms with Crippen LogP contribution in [0.5, 0.6) is 5.75 Å². The summed E-state index contributed by atoms with van der Waals surface area (Å²) in [5.74, 6) is 0.943. The number of likely N-dealkylation sites (N-methyl/N-ethyl adjacent to an activating group) is 1. The number of esters is 1. The quantitative estimate of drug-likeness (QED) is 0.152. The molecule has 0 unspecified atom stereocenters. The molecule has 42 heavy (non-hydrogen) atoms. The Balaban J connectivity index is 0.00000484. The predicted octanol–water partition coefficient (Wildman–Crippen LogP) is 7.89. The summed E-state index contributed by atoms with van der Waals surface area (Å²) < 4.78 is 12.6. The summed E-state index contributed by atoms with van der Waals surface area (Å²) in [6.07, 6.45) is 19.2. The number of likely N-dealkylation sites (tertiary alicyclic amines) is 1. The Labute approximate surface area is 255 Å². The van der Waals surface area contributed by atoms with E-state index >= 15 is 0 Å². The van der Waals surface area contributed by atoms with Gasteiger partial charge in [-0.1, -0.05) is 104 Å². The Morgan fingerprint density at radius 1 is 1.02 bits per heavy atom. The van der Waals surface area contributed by atoms with Gasteiger partial charge in [-0.05, 0) is 51.9 Å². The van der Waals surface area contributed by atoms with Crippen LogP contribution < -0.4 is 4.74 Å². The van der Waals surface area contributed by atoms with Crippen molar-refractivity contribution in [3.8, 4) is 5.75 Å². The summed E-state index contributed by atoms with van der Waals surface area (Å²) in [7, 11) is 2.05. The smallest absolute Gasteiger partial charge is 0.310 e. The van der Waals surface area contributed by atoms with Crippen molar-refractivity contribution in [2.24, 2.45) is 0 Å². The number of piperidine rings is 1. The Hall–Kier alpha value is -1.89. The van der Waals surface area contributed by atoms with E-state index in [0.717, 1.165) is 36.9 Å². The zero-order valence-corrected chi connectivity index (χ0v) is 26.2. The monoisotopic (exact) mass is 585 g/mol. The summed E-state index contributed by atoms with van der Waals surface area (Å²) in [6, 6.07) is 3.79. The first kappa shape index (κ1) is 34.6. The van der Waals surface area contributed by atoms with E-state index in [2.05, 4.69) is 18.7 Å². The van der Waals surface area contributed by atoms with Crippen LogP contribution in [-0.4, -0.2) is 52.4 Å². The third-order valence-electron chi connectivity index (χ3n) is 10.3. The number of carbonyl (C=O) groups excluding carboxylic acids is 1. The third kappa shape index (κ3) is 6.92. The van der Waals surface area contributed by atoms with Gasteiger partial charge in [-0.2, -0.15) is 0 Å². The molecule has 0 amide bonds. The minimum Gasteiger partial charge on any atom is -0.481 e. The summed E-state index contributed by atoms with van der Waals surface area (Å²) in [4.78, 5) is 15.2. The van der Waals surface area contributed by atoms with E-state index in [1.165, 1.54) is 64.2 Å². The van der Waals surface area contributed by atoms with E-state index in [-0.39, 0.29) is 26.0 Å². The maximum Gasteiger partial charge on any atom is 0.310 e. The minimum absolute atomic E-state index is 0. The van der Waals surface area contributed by atoms with Crippen LogP contribution in [0.25, 0.3) is 0 Å². The van der Waals surface area contributed by atoms with Crippen LogP contribution in [0, 0.1) is 6.92 Å². The lowest BCUT2D eigenvalue weighted by Gasteiger charge is -2.58. The molecule has 2 aliphatic heterocycles. The zero-order valence-electron chi connectivity index (χ0n) is 26.2. The van der Waals surface area contributed by atoms with Crippen LogP contribution in [0.3, 0.4) is 0 Å². The maximum atomic E-state index is 13.0. The van der Waals surface area contributed by atoms with Gasteiger partial charge in [0.05, 0.1) is 17.6 Å². The molecule has 4 rings (SSSR count). The van der Waals surface area contributed by atoms with Crippen LogP contribution in [0.1, 0.15) is 141 Å². The molecule has 0 radical (unpaired) electrons. The fourth-order valence-corrected chi connectivity index (χ4v) is 7.67. The number of benzene rings is 1. The molecule has 0 aromatic heterocycles. The number of aliphatic hydroxyl groups is 2. The second kappa shape index (κ2) is 15.7. The fraction of sp³-hybridized carbons (Fsp3) is 0.750. The molecule has 3 aliphatic rings. The molecule has 1 fully saturated rings. The number of unbranched alkanes of at least 4 members (excludes halogenated alkanes) is 12. The summed E-state index contributed by atoms with van der Waals surface area (Å²) >= 11 is 0. The first-order valence-corrected chi connectivity index (χ1v) is 16.5. The Bertz CT molecular complexity index is 1050. The van der Waals surface area contributed by atoms with E-state index in [1.54, 1.807) is 0 Å². The average molecular weight is 586 g/mol. The molecular formula is C36H59NO5. The van der Waals surface area contributed by atoms with Crippen LogP contribution >= 0.6 is 0 Å². The highest BCUT2D eigenvalue weighted by molar-refractivity contribution is 5.71. The van der Waals surface area contributed by atoms with Crippen molar-refractivity contribution in [1.29, 1.82) is 0 Å². The first-order valence-electron chi connectivity index (χ1n) is 16.5. The molecule has 1 saturated heterocycles. The molecule has 0 saturated carbocycles. The standard InChI is InChI=1S/C35H55NO5.CH4/c1-5-6-7-8-9-10-11-12-13-14-15-16-17-18-30(38)40-29-21-22-35(39)27(3)36(4)24-23-34(35)31-26(2)19-20-28(25-37)32(31)41-33(29)34;/h19-21,27,33,37,39H,5-18,22-25H2,1-4H3;1H4/t27-,33+,34+,35-;/m1./s1. The number of hydrogen-bond donors (Lipinski definition) is 2. The van der Waals surface area contributed by atoms with Gasteiger partial charge in [0, 0.05) is 30.0 Å². The molecule has 1 aromatic carbocycles. The average Bonchev–Trinajstić information content (AvgIpc) is 3.33. The molecule has 0 bridgehead atoms. The van der Waals surface area contributed by atoms with Gasteiger partial charge in [0.1, 0.15) is 11.5 Å². The largest absolute Gasteiger partial charge is 0.481 e. The molecule has 1 spiro atoms. The number of hydrogen-bond acceptors (Lipinski definition) is 6. The first-order chi connectivity index (χ1) is 19.8. The van der Waals surface area contributed by atoms with Crippen molar-refractivity contribution in [1.82, 2.24) is 4.90 Å². The third-order valence-corrected chi connectivity index (χ3v) is 10.3. The van der Waals surface area contributed by atoms with Gasteiger partial charge in [-0.15, -0.1) is 0 Å². The highest BCUT2D eigenvalue weighted by atomic mass is 16.6. The van der Waals surface area contributed by atoms with Crippen molar-refractivity contribution in [3.63, 3.8) is 0 Å². The van der Waals surface area contributed by atoms with Gasteiger partial charge >= 0.3 is 5.97 Å². The number of aryl methyl sites for hydroxylation is 1. The number of rotatable bonds is 16. The van der Waals surface area contributed by atoms with Crippen LogP contribution in [-0.2, 0) is 21.6 Å². The molecular weight excluding hydrogens is 526 g/mol. The van der Waals surface area contributed by atoms with Crippen molar-refractivity contribution >= 4 is 5.97 Å². The summed E-state index contributed by atoms with van der Waals surface area (Å²) in [6.45, 7) is 7.04. The van der Waals surface area contributed by atoms with Crippen molar-refractivity contribution in [2.45, 2.75) is 161 Å².